The van der Waals surface area contributed by atoms with Crippen molar-refractivity contribution < 1.29 is 32.2 Å². The van der Waals surface area contributed by atoms with Crippen LogP contribution in [0.2, 0.25) is 0 Å². The first-order valence-electron chi connectivity index (χ1n) is 11.2. The minimum atomic E-state index is -3.56. The van der Waals surface area contributed by atoms with E-state index in [0.29, 0.717) is 0 Å². The van der Waals surface area contributed by atoms with Gasteiger partial charge in [0.05, 0.1) is 18.5 Å². The fraction of sp³-hybridized carbons (Fsp3) is 0.636. The van der Waals surface area contributed by atoms with Gasteiger partial charge in [-0.3, -0.25) is 9.69 Å². The van der Waals surface area contributed by atoms with Crippen LogP contribution in [-0.4, -0.2) is 63.7 Å². The average molecular weight is 486 g/mol. The van der Waals surface area contributed by atoms with Gasteiger partial charge in [-0.25, -0.2) is 17.9 Å². The molecule has 1 saturated carbocycles. The van der Waals surface area contributed by atoms with Crippen LogP contribution in [0, 0.1) is 0 Å². The predicted octanol–water partition coefficient (Wildman–Crippen LogP) is 2.30. The minimum absolute atomic E-state index is 0.0780. The number of carbonyl (C=O) groups is 2. The Labute approximate surface area is 195 Å². The molecule has 0 heterocycles. The van der Waals surface area contributed by atoms with E-state index >= 15 is 0 Å². The zero-order valence-corrected chi connectivity index (χ0v) is 20.1. The zero-order chi connectivity index (χ0) is 24.3. The van der Waals surface area contributed by atoms with E-state index in [2.05, 4.69) is 4.72 Å². The molecule has 186 valence electrons. The summed E-state index contributed by atoms with van der Waals surface area (Å²) < 4.78 is 43.8. The van der Waals surface area contributed by atoms with Crippen LogP contribution in [0.25, 0.3) is 0 Å². The third-order valence-electron chi connectivity index (χ3n) is 5.14. The summed E-state index contributed by atoms with van der Waals surface area (Å²) in [6.07, 6.45) is 4.17. The average Bonchev–Trinajstić information content (AvgIpc) is 3.25. The summed E-state index contributed by atoms with van der Waals surface area (Å²) in [5, 5.41) is 0. The van der Waals surface area contributed by atoms with E-state index in [1.165, 1.54) is 12.8 Å². The summed E-state index contributed by atoms with van der Waals surface area (Å²) in [6, 6.07) is 7.06. The first kappa shape index (κ1) is 26.9. The zero-order valence-electron chi connectivity index (χ0n) is 19.3. The van der Waals surface area contributed by atoms with Gasteiger partial charge >= 0.3 is 6.09 Å². The number of amides is 2. The molecule has 2 amide bonds. The van der Waals surface area contributed by atoms with Gasteiger partial charge in [-0.2, -0.15) is 0 Å². The molecule has 0 aromatic heterocycles. The molecule has 33 heavy (non-hydrogen) atoms. The molecule has 0 saturated heterocycles. The Hall–Kier alpha value is -2.37. The van der Waals surface area contributed by atoms with Crippen molar-refractivity contribution in [2.24, 2.45) is 5.73 Å². The van der Waals surface area contributed by atoms with Gasteiger partial charge in [-0.1, -0.05) is 12.1 Å². The van der Waals surface area contributed by atoms with E-state index in [-0.39, 0.29) is 44.8 Å². The number of benzene rings is 1. The van der Waals surface area contributed by atoms with Gasteiger partial charge in [-0.15, -0.1) is 0 Å². The molecule has 1 aromatic rings. The maximum absolute atomic E-state index is 12.5. The molecule has 10 nitrogen and oxygen atoms in total. The van der Waals surface area contributed by atoms with Crippen LogP contribution in [0.15, 0.2) is 24.3 Å². The fourth-order valence-corrected chi connectivity index (χ4v) is 4.83. The largest absolute Gasteiger partial charge is 0.490 e. The van der Waals surface area contributed by atoms with Crippen LogP contribution < -0.4 is 15.2 Å². The Morgan fingerprint density at radius 1 is 1.27 bits per heavy atom. The summed E-state index contributed by atoms with van der Waals surface area (Å²) in [4.78, 5) is 23.9. The van der Waals surface area contributed by atoms with Crippen LogP contribution in [-0.2, 0) is 24.3 Å². The first-order chi connectivity index (χ1) is 15.7. The lowest BCUT2D eigenvalue weighted by Crippen LogP contribution is -2.40. The molecule has 3 N–H and O–H groups in total. The highest BCUT2D eigenvalue weighted by Gasteiger charge is 2.20. The highest BCUT2D eigenvalue weighted by molar-refractivity contribution is 7.89. The normalized spacial score (nSPS) is 15.2. The highest BCUT2D eigenvalue weighted by Crippen LogP contribution is 2.26. The van der Waals surface area contributed by atoms with Crippen molar-refractivity contribution in [2.45, 2.75) is 58.1 Å². The SMILES string of the molecule is CCOC(=O)N(COCCCS(=O)(=O)N[C@H](C)c1cccc(OC2CCCC2)c1)CC(N)=O. The van der Waals surface area contributed by atoms with Crippen LogP contribution in [0.3, 0.4) is 0 Å². The number of ether oxygens (including phenoxy) is 3. The number of sulfonamides is 1. The van der Waals surface area contributed by atoms with Gasteiger partial charge in [0, 0.05) is 12.6 Å². The Kier molecular flexibility index (Phi) is 10.9. The Balaban J connectivity index is 1.77. The van der Waals surface area contributed by atoms with Crippen molar-refractivity contribution in [1.82, 2.24) is 9.62 Å². The van der Waals surface area contributed by atoms with Gasteiger partial charge in [0.25, 0.3) is 0 Å². The predicted molar refractivity (Wildman–Crippen MR) is 123 cm³/mol. The number of hydrogen-bond acceptors (Lipinski definition) is 7. The highest BCUT2D eigenvalue weighted by atomic mass is 32.2. The lowest BCUT2D eigenvalue weighted by molar-refractivity contribution is -0.120. The number of primary amides is 1. The van der Waals surface area contributed by atoms with Crippen LogP contribution >= 0.6 is 0 Å². The van der Waals surface area contributed by atoms with E-state index in [0.717, 1.165) is 29.1 Å². The second-order valence-corrected chi connectivity index (χ2v) is 9.88. The fourth-order valence-electron chi connectivity index (χ4n) is 3.54. The summed E-state index contributed by atoms with van der Waals surface area (Å²) in [5.74, 6) is -0.101. The Bertz CT molecular complexity index is 872. The molecule has 2 rings (SSSR count). The van der Waals surface area contributed by atoms with E-state index in [4.69, 9.17) is 19.9 Å². The quantitative estimate of drug-likeness (QED) is 0.305. The first-order valence-corrected chi connectivity index (χ1v) is 12.9. The maximum atomic E-state index is 12.5. The monoisotopic (exact) mass is 485 g/mol. The smallest absolute Gasteiger partial charge is 0.412 e. The maximum Gasteiger partial charge on any atom is 0.412 e. The van der Waals surface area contributed by atoms with Gasteiger partial charge in [0.1, 0.15) is 19.0 Å². The number of carbonyl (C=O) groups excluding carboxylic acids is 2. The summed E-state index contributed by atoms with van der Waals surface area (Å²) in [5.41, 5.74) is 5.94. The molecule has 1 aliphatic rings. The van der Waals surface area contributed by atoms with Gasteiger partial charge in [0.15, 0.2) is 0 Å². The molecule has 0 radical (unpaired) electrons. The second-order valence-electron chi connectivity index (χ2n) is 8.01. The topological polar surface area (TPSA) is 137 Å². The number of nitrogens with zero attached hydrogens (tertiary/aromatic N) is 1. The Morgan fingerprint density at radius 3 is 2.67 bits per heavy atom. The van der Waals surface area contributed by atoms with E-state index < -0.39 is 28.1 Å². The number of rotatable bonds is 14. The van der Waals surface area contributed by atoms with Crippen LogP contribution in [0.5, 0.6) is 5.75 Å². The van der Waals surface area contributed by atoms with Crippen molar-refractivity contribution in [3.05, 3.63) is 29.8 Å². The van der Waals surface area contributed by atoms with Gasteiger partial charge < -0.3 is 19.9 Å². The molecule has 0 aliphatic heterocycles. The lowest BCUT2D eigenvalue weighted by Gasteiger charge is -2.20. The van der Waals surface area contributed by atoms with Gasteiger partial charge in [-0.05, 0) is 63.6 Å². The molecule has 0 spiro atoms. The van der Waals surface area contributed by atoms with E-state index in [1.807, 2.05) is 24.3 Å². The number of hydrogen-bond donors (Lipinski definition) is 2. The molecular formula is C22H35N3O7S. The summed E-state index contributed by atoms with van der Waals surface area (Å²) in [7, 11) is -3.56. The number of nitrogens with one attached hydrogen (secondary N) is 1. The second kappa shape index (κ2) is 13.4. The Morgan fingerprint density at radius 2 is 2.00 bits per heavy atom. The summed E-state index contributed by atoms with van der Waals surface area (Å²) >= 11 is 0. The van der Waals surface area contributed by atoms with Crippen molar-refractivity contribution in [1.29, 1.82) is 0 Å². The molecular weight excluding hydrogens is 450 g/mol. The number of nitrogens with two attached hydrogens (primary N) is 1. The summed E-state index contributed by atoms with van der Waals surface area (Å²) in [6.45, 7) is 3.07. The third kappa shape index (κ3) is 9.97. The van der Waals surface area contributed by atoms with E-state index in [9.17, 15) is 18.0 Å². The van der Waals surface area contributed by atoms with E-state index in [1.54, 1.807) is 13.8 Å². The van der Waals surface area contributed by atoms with Crippen molar-refractivity contribution in [3.63, 3.8) is 0 Å². The van der Waals surface area contributed by atoms with Gasteiger partial charge in [0.2, 0.25) is 15.9 Å². The standard InChI is InChI=1S/C22H35N3O7S/c1-3-31-22(27)25(15-21(23)26)16-30-12-7-13-33(28,29)24-17(2)18-8-6-11-20(14-18)32-19-9-4-5-10-19/h6,8,11,14,17,19,24H,3-5,7,9-10,12-13,15-16H2,1-2H3,(H2,23,26)/t17-/m1/s1. The van der Waals surface area contributed by atoms with Crippen LogP contribution in [0.4, 0.5) is 4.79 Å². The lowest BCUT2D eigenvalue weighted by atomic mass is 10.1. The van der Waals surface area contributed by atoms with Crippen molar-refractivity contribution >= 4 is 22.0 Å². The molecule has 0 bridgehead atoms. The molecule has 1 atom stereocenters. The minimum Gasteiger partial charge on any atom is -0.490 e. The molecule has 1 aromatic carbocycles. The van der Waals surface area contributed by atoms with Crippen molar-refractivity contribution in [3.8, 4) is 5.75 Å². The van der Waals surface area contributed by atoms with Crippen LogP contribution in [0.1, 0.15) is 57.6 Å². The van der Waals surface area contributed by atoms with Crippen molar-refractivity contribution in [2.75, 3.05) is 32.2 Å². The molecule has 0 unspecified atom stereocenters. The third-order valence-corrected chi connectivity index (χ3v) is 6.68. The molecule has 1 aliphatic carbocycles. The molecule has 1 fully saturated rings. The molecule has 11 heteroatoms.